The van der Waals surface area contributed by atoms with Crippen LogP contribution in [-0.4, -0.2) is 34.2 Å². The lowest BCUT2D eigenvalue weighted by molar-refractivity contribution is -0.146. The van der Waals surface area contributed by atoms with E-state index in [0.29, 0.717) is 12.8 Å². The number of hydrogen-bond donors (Lipinski definition) is 3. The zero-order chi connectivity index (χ0) is 14.8. The number of rotatable bonds is 5. The van der Waals surface area contributed by atoms with E-state index in [1.807, 2.05) is 30.3 Å². The van der Waals surface area contributed by atoms with Crippen molar-refractivity contribution < 1.29 is 19.8 Å². The van der Waals surface area contributed by atoms with Crippen molar-refractivity contribution in [2.45, 2.75) is 43.7 Å². The minimum absolute atomic E-state index is 0.316. The highest BCUT2D eigenvalue weighted by molar-refractivity contribution is 5.92. The van der Waals surface area contributed by atoms with Gasteiger partial charge in [-0.05, 0) is 25.3 Å². The SMILES string of the molecule is C[C@@H](O)[C@H](NC(=O)C1(c2ccccc2)CCC1)C(=O)O. The van der Waals surface area contributed by atoms with Gasteiger partial charge in [0.25, 0.3) is 0 Å². The van der Waals surface area contributed by atoms with E-state index < -0.39 is 23.5 Å². The van der Waals surface area contributed by atoms with E-state index in [9.17, 15) is 14.7 Å². The summed E-state index contributed by atoms with van der Waals surface area (Å²) >= 11 is 0. The molecule has 1 fully saturated rings. The molecule has 5 heteroatoms. The Kier molecular flexibility index (Phi) is 4.09. The summed E-state index contributed by atoms with van der Waals surface area (Å²) in [7, 11) is 0. The monoisotopic (exact) mass is 277 g/mol. The van der Waals surface area contributed by atoms with Gasteiger partial charge < -0.3 is 15.5 Å². The molecule has 0 aromatic heterocycles. The summed E-state index contributed by atoms with van der Waals surface area (Å²) in [5, 5.41) is 21.0. The van der Waals surface area contributed by atoms with Crippen LogP contribution in [0.2, 0.25) is 0 Å². The molecule has 0 bridgehead atoms. The van der Waals surface area contributed by atoms with Crippen LogP contribution in [-0.2, 0) is 15.0 Å². The maximum absolute atomic E-state index is 12.5. The maximum Gasteiger partial charge on any atom is 0.328 e. The average Bonchev–Trinajstić information content (AvgIpc) is 2.35. The fourth-order valence-electron chi connectivity index (χ4n) is 2.60. The van der Waals surface area contributed by atoms with Crippen LogP contribution >= 0.6 is 0 Å². The second kappa shape index (κ2) is 5.63. The molecule has 0 saturated heterocycles. The summed E-state index contributed by atoms with van der Waals surface area (Å²) in [5.74, 6) is -1.54. The van der Waals surface area contributed by atoms with Gasteiger partial charge in [-0.1, -0.05) is 36.8 Å². The summed E-state index contributed by atoms with van der Waals surface area (Å²) in [5.41, 5.74) is 0.252. The number of benzene rings is 1. The number of hydrogen-bond acceptors (Lipinski definition) is 3. The van der Waals surface area contributed by atoms with Crippen LogP contribution in [0.5, 0.6) is 0 Å². The molecule has 0 unspecified atom stereocenters. The molecule has 2 atom stereocenters. The van der Waals surface area contributed by atoms with E-state index in [-0.39, 0.29) is 5.91 Å². The van der Waals surface area contributed by atoms with E-state index in [0.717, 1.165) is 12.0 Å². The van der Waals surface area contributed by atoms with E-state index in [4.69, 9.17) is 5.11 Å². The molecule has 108 valence electrons. The molecule has 0 heterocycles. The van der Waals surface area contributed by atoms with Crippen molar-refractivity contribution in [3.63, 3.8) is 0 Å². The number of aliphatic carboxylic acids is 1. The molecule has 1 aromatic carbocycles. The summed E-state index contributed by atoms with van der Waals surface area (Å²) < 4.78 is 0. The normalized spacial score (nSPS) is 19.5. The predicted molar refractivity (Wildman–Crippen MR) is 73.2 cm³/mol. The van der Waals surface area contributed by atoms with Crippen LogP contribution in [0.15, 0.2) is 30.3 Å². The van der Waals surface area contributed by atoms with Crippen LogP contribution < -0.4 is 5.32 Å². The molecule has 20 heavy (non-hydrogen) atoms. The largest absolute Gasteiger partial charge is 0.480 e. The lowest BCUT2D eigenvalue weighted by Gasteiger charge is -2.41. The number of carbonyl (C=O) groups excluding carboxylic acids is 1. The summed E-state index contributed by atoms with van der Waals surface area (Å²) in [6.45, 7) is 1.36. The number of aliphatic hydroxyl groups is 1. The Bertz CT molecular complexity index is 494. The van der Waals surface area contributed by atoms with Gasteiger partial charge in [-0.15, -0.1) is 0 Å². The second-order valence-corrected chi connectivity index (χ2v) is 5.33. The molecular formula is C15H19NO4. The van der Waals surface area contributed by atoms with Crippen molar-refractivity contribution in [3.05, 3.63) is 35.9 Å². The molecule has 5 nitrogen and oxygen atoms in total. The van der Waals surface area contributed by atoms with Crippen molar-refractivity contribution in [3.8, 4) is 0 Å². The summed E-state index contributed by atoms with van der Waals surface area (Å²) in [6, 6.07) is 8.11. The molecule has 3 N–H and O–H groups in total. The molecular weight excluding hydrogens is 258 g/mol. The zero-order valence-electron chi connectivity index (χ0n) is 11.4. The van der Waals surface area contributed by atoms with E-state index in [1.54, 1.807) is 0 Å². The van der Waals surface area contributed by atoms with Gasteiger partial charge in [-0.2, -0.15) is 0 Å². The van der Waals surface area contributed by atoms with E-state index >= 15 is 0 Å². The van der Waals surface area contributed by atoms with Crippen LogP contribution in [0.1, 0.15) is 31.7 Å². The summed E-state index contributed by atoms with van der Waals surface area (Å²) in [6.07, 6.45) is 1.21. The highest BCUT2D eigenvalue weighted by atomic mass is 16.4. The van der Waals surface area contributed by atoms with E-state index in [1.165, 1.54) is 6.92 Å². The quantitative estimate of drug-likeness (QED) is 0.751. The average molecular weight is 277 g/mol. The lowest BCUT2D eigenvalue weighted by Crippen LogP contribution is -2.56. The summed E-state index contributed by atoms with van der Waals surface area (Å²) in [4.78, 5) is 23.6. The fraction of sp³-hybridized carbons (Fsp3) is 0.467. The first-order chi connectivity index (χ1) is 9.47. The molecule has 1 saturated carbocycles. The highest BCUT2D eigenvalue weighted by Gasteiger charge is 2.46. The van der Waals surface area contributed by atoms with Crippen molar-refractivity contribution in [2.24, 2.45) is 0 Å². The minimum Gasteiger partial charge on any atom is -0.480 e. The van der Waals surface area contributed by atoms with Crippen molar-refractivity contribution >= 4 is 11.9 Å². The molecule has 0 radical (unpaired) electrons. The molecule has 1 aliphatic rings. The molecule has 1 aliphatic carbocycles. The van der Waals surface area contributed by atoms with Gasteiger partial charge in [-0.3, -0.25) is 4.79 Å². The first-order valence-corrected chi connectivity index (χ1v) is 6.75. The Morgan fingerprint density at radius 2 is 1.85 bits per heavy atom. The zero-order valence-corrected chi connectivity index (χ0v) is 11.4. The number of carbonyl (C=O) groups is 2. The Hall–Kier alpha value is -1.88. The molecule has 0 spiro atoms. The fourth-order valence-corrected chi connectivity index (χ4v) is 2.60. The standard InChI is InChI=1S/C15H19NO4/c1-10(17)12(13(18)19)16-14(20)15(8-5-9-15)11-6-3-2-4-7-11/h2-4,6-7,10,12,17H,5,8-9H2,1H3,(H,16,20)(H,18,19)/t10-,12+/m1/s1. The molecule has 0 aliphatic heterocycles. The Balaban J connectivity index is 2.20. The number of nitrogens with one attached hydrogen (secondary N) is 1. The number of carboxylic acid groups (broad SMARTS) is 1. The number of aliphatic hydroxyl groups excluding tert-OH is 1. The molecule has 1 amide bonds. The Morgan fingerprint density at radius 1 is 1.25 bits per heavy atom. The van der Waals surface area contributed by atoms with Crippen molar-refractivity contribution in [1.82, 2.24) is 5.32 Å². The van der Waals surface area contributed by atoms with Crippen molar-refractivity contribution in [2.75, 3.05) is 0 Å². The van der Waals surface area contributed by atoms with Crippen molar-refractivity contribution in [1.29, 1.82) is 0 Å². The van der Waals surface area contributed by atoms with Crippen LogP contribution in [0.3, 0.4) is 0 Å². The van der Waals surface area contributed by atoms with Gasteiger partial charge in [0.1, 0.15) is 0 Å². The third-order valence-corrected chi connectivity index (χ3v) is 4.00. The van der Waals surface area contributed by atoms with Gasteiger partial charge in [0.05, 0.1) is 11.5 Å². The Morgan fingerprint density at radius 3 is 2.25 bits per heavy atom. The highest BCUT2D eigenvalue weighted by Crippen LogP contribution is 2.43. The lowest BCUT2D eigenvalue weighted by atomic mass is 9.63. The van der Waals surface area contributed by atoms with Crippen LogP contribution in [0, 0.1) is 0 Å². The first-order valence-electron chi connectivity index (χ1n) is 6.75. The first kappa shape index (κ1) is 14.5. The van der Waals surface area contributed by atoms with Gasteiger partial charge >= 0.3 is 5.97 Å². The van der Waals surface area contributed by atoms with Gasteiger partial charge in [0, 0.05) is 0 Å². The Labute approximate surface area is 117 Å². The minimum atomic E-state index is -1.27. The topological polar surface area (TPSA) is 86.6 Å². The van der Waals surface area contributed by atoms with Gasteiger partial charge in [0.15, 0.2) is 6.04 Å². The number of carboxylic acids is 1. The van der Waals surface area contributed by atoms with Gasteiger partial charge in [0.2, 0.25) is 5.91 Å². The third kappa shape index (κ3) is 2.54. The molecule has 1 aromatic rings. The van der Waals surface area contributed by atoms with Crippen LogP contribution in [0.4, 0.5) is 0 Å². The van der Waals surface area contributed by atoms with Gasteiger partial charge in [-0.25, -0.2) is 4.79 Å². The maximum atomic E-state index is 12.5. The van der Waals surface area contributed by atoms with E-state index in [2.05, 4.69) is 5.32 Å². The molecule has 2 rings (SSSR count). The number of amides is 1. The second-order valence-electron chi connectivity index (χ2n) is 5.33. The van der Waals surface area contributed by atoms with Crippen LogP contribution in [0.25, 0.3) is 0 Å². The predicted octanol–water partition coefficient (Wildman–Crippen LogP) is 1.06. The third-order valence-electron chi connectivity index (χ3n) is 4.00. The smallest absolute Gasteiger partial charge is 0.328 e.